The van der Waals surface area contributed by atoms with Crippen LogP contribution < -0.4 is 4.74 Å². The van der Waals surface area contributed by atoms with Crippen molar-refractivity contribution in [2.75, 3.05) is 38.8 Å². The predicted octanol–water partition coefficient (Wildman–Crippen LogP) is -0.130. The van der Waals surface area contributed by atoms with Gasteiger partial charge in [-0.05, 0) is 17.7 Å². The Labute approximate surface area is 148 Å². The minimum absolute atomic E-state index is 0.0697. The van der Waals surface area contributed by atoms with E-state index < -0.39 is 32.2 Å². The molecule has 10 heteroatoms. The van der Waals surface area contributed by atoms with Gasteiger partial charge >= 0.3 is 0 Å². The highest BCUT2D eigenvalue weighted by atomic mass is 32.2. The molecule has 0 radical (unpaired) electrons. The van der Waals surface area contributed by atoms with Crippen LogP contribution in [0.25, 0.3) is 0 Å². The van der Waals surface area contributed by atoms with Gasteiger partial charge in [0.1, 0.15) is 5.75 Å². The van der Waals surface area contributed by atoms with Crippen molar-refractivity contribution < 1.29 is 26.3 Å². The van der Waals surface area contributed by atoms with E-state index in [1.54, 1.807) is 31.4 Å². The molecule has 0 amide bonds. The van der Waals surface area contributed by atoms with Crippen LogP contribution >= 0.6 is 0 Å². The van der Waals surface area contributed by atoms with Crippen LogP contribution in [0.4, 0.5) is 0 Å². The Morgan fingerprint density at radius 2 is 1.92 bits per heavy atom. The summed E-state index contributed by atoms with van der Waals surface area (Å²) in [5.74, 6) is 0.586. The van der Waals surface area contributed by atoms with Gasteiger partial charge in [0, 0.05) is 19.6 Å². The largest absolute Gasteiger partial charge is 0.497 e. The average molecular weight is 390 g/mol. The zero-order valence-corrected chi connectivity index (χ0v) is 15.8. The van der Waals surface area contributed by atoms with Crippen LogP contribution in [0.5, 0.6) is 5.75 Å². The molecule has 2 atom stereocenters. The first-order chi connectivity index (χ1) is 11.7. The molecule has 2 aliphatic heterocycles. The molecule has 2 fully saturated rings. The quantitative estimate of drug-likeness (QED) is 0.711. The highest BCUT2D eigenvalue weighted by Gasteiger charge is 2.46. The van der Waals surface area contributed by atoms with Crippen molar-refractivity contribution >= 4 is 20.0 Å². The van der Waals surface area contributed by atoms with Crippen molar-refractivity contribution in [2.45, 2.75) is 18.7 Å². The summed E-state index contributed by atoms with van der Waals surface area (Å²) in [5, 5.41) is 0. The van der Waals surface area contributed by atoms with Crippen molar-refractivity contribution in [3.05, 3.63) is 29.8 Å². The van der Waals surface area contributed by atoms with Gasteiger partial charge in [-0.3, -0.25) is 0 Å². The van der Waals surface area contributed by atoms with E-state index in [-0.39, 0.29) is 32.0 Å². The van der Waals surface area contributed by atoms with Crippen molar-refractivity contribution in [3.8, 4) is 5.75 Å². The van der Waals surface area contributed by atoms with Crippen LogP contribution in [0.15, 0.2) is 24.3 Å². The van der Waals surface area contributed by atoms with Gasteiger partial charge in [-0.15, -0.1) is 0 Å². The maximum atomic E-state index is 12.7. The number of hydrogen-bond donors (Lipinski definition) is 0. The predicted molar refractivity (Wildman–Crippen MR) is 92.3 cm³/mol. The maximum Gasteiger partial charge on any atom is 0.217 e. The molecule has 0 aliphatic carbocycles. The molecule has 25 heavy (non-hydrogen) atoms. The molecule has 8 nitrogen and oxygen atoms in total. The molecule has 0 spiro atoms. The molecule has 1 aromatic carbocycles. The Balaban J connectivity index is 1.89. The number of nitrogens with zero attached hydrogens (tertiary/aromatic N) is 2. The third kappa shape index (κ3) is 3.98. The van der Waals surface area contributed by atoms with E-state index in [1.165, 1.54) is 8.61 Å². The third-order valence-electron chi connectivity index (χ3n) is 4.57. The lowest BCUT2D eigenvalue weighted by Crippen LogP contribution is -2.45. The van der Waals surface area contributed by atoms with Gasteiger partial charge in [0.25, 0.3) is 0 Å². The Hall–Kier alpha value is -1.20. The maximum absolute atomic E-state index is 12.7. The second-order valence-electron chi connectivity index (χ2n) is 6.27. The fourth-order valence-corrected chi connectivity index (χ4v) is 5.53. The molecular formula is C15H22N2O6S2. The molecule has 2 aliphatic rings. The molecule has 0 bridgehead atoms. The summed E-state index contributed by atoms with van der Waals surface area (Å²) in [7, 11) is -5.38. The summed E-state index contributed by atoms with van der Waals surface area (Å²) in [6.07, 6.45) is 0.672. The van der Waals surface area contributed by atoms with Gasteiger partial charge in [0.15, 0.2) is 0 Å². The number of benzene rings is 1. The lowest BCUT2D eigenvalue weighted by Gasteiger charge is -2.28. The molecule has 0 N–H and O–H groups in total. The average Bonchev–Trinajstić information content (AvgIpc) is 2.92. The van der Waals surface area contributed by atoms with E-state index in [1.807, 2.05) is 0 Å². The first-order valence-electron chi connectivity index (χ1n) is 7.90. The molecule has 0 unspecified atom stereocenters. The van der Waals surface area contributed by atoms with E-state index in [4.69, 9.17) is 9.47 Å². The van der Waals surface area contributed by atoms with Crippen molar-refractivity contribution in [1.82, 2.24) is 8.61 Å². The molecule has 140 valence electrons. The summed E-state index contributed by atoms with van der Waals surface area (Å²) >= 11 is 0. The zero-order chi connectivity index (χ0) is 18.2. The van der Waals surface area contributed by atoms with Gasteiger partial charge in [-0.25, -0.2) is 16.8 Å². The number of rotatable bonds is 4. The fourth-order valence-electron chi connectivity index (χ4n) is 3.19. The monoisotopic (exact) mass is 390 g/mol. The Kier molecular flexibility index (Phi) is 5.09. The number of fused-ring (bicyclic) bond motifs is 1. The van der Waals surface area contributed by atoms with Gasteiger partial charge in [0.05, 0.1) is 37.9 Å². The summed E-state index contributed by atoms with van der Waals surface area (Å²) in [6, 6.07) is 6.62. The number of ether oxygens (including phenoxy) is 2. The topological polar surface area (TPSA) is 93.2 Å². The van der Waals surface area contributed by atoms with E-state index in [0.717, 1.165) is 11.8 Å². The van der Waals surface area contributed by atoms with Crippen molar-refractivity contribution in [1.29, 1.82) is 0 Å². The van der Waals surface area contributed by atoms with Gasteiger partial charge < -0.3 is 9.47 Å². The van der Waals surface area contributed by atoms with E-state index in [2.05, 4.69) is 0 Å². The van der Waals surface area contributed by atoms with E-state index >= 15 is 0 Å². The Morgan fingerprint density at radius 1 is 1.24 bits per heavy atom. The minimum atomic E-state index is -3.54. The third-order valence-corrected chi connectivity index (χ3v) is 7.60. The van der Waals surface area contributed by atoms with Crippen molar-refractivity contribution in [3.63, 3.8) is 0 Å². The van der Waals surface area contributed by atoms with Crippen LogP contribution in [-0.4, -0.2) is 76.4 Å². The van der Waals surface area contributed by atoms with Crippen LogP contribution in [0, 0.1) is 0 Å². The van der Waals surface area contributed by atoms with Crippen LogP contribution in [0.2, 0.25) is 0 Å². The number of sulfonamides is 2. The SMILES string of the molecule is COc1ccc(CN2[C@@H]3CN(S(C)(=O)=O)C[C@@H]3OCCS2(=O)=O)cc1. The molecular weight excluding hydrogens is 368 g/mol. The smallest absolute Gasteiger partial charge is 0.217 e. The Morgan fingerprint density at radius 3 is 2.52 bits per heavy atom. The summed E-state index contributed by atoms with van der Waals surface area (Å²) < 4.78 is 62.5. The summed E-state index contributed by atoms with van der Waals surface area (Å²) in [4.78, 5) is 0. The highest BCUT2D eigenvalue weighted by Crippen LogP contribution is 2.28. The molecule has 0 aromatic heterocycles. The summed E-state index contributed by atoms with van der Waals surface area (Å²) in [5.41, 5.74) is 0.808. The fraction of sp³-hybridized carbons (Fsp3) is 0.600. The van der Waals surface area contributed by atoms with E-state index in [0.29, 0.717) is 5.75 Å². The second kappa shape index (κ2) is 6.84. The van der Waals surface area contributed by atoms with Crippen LogP contribution in [0.1, 0.15) is 5.56 Å². The summed E-state index contributed by atoms with van der Waals surface area (Å²) in [6.45, 7) is 0.533. The first-order valence-corrected chi connectivity index (χ1v) is 11.4. The normalized spacial score (nSPS) is 27.6. The van der Waals surface area contributed by atoms with Crippen LogP contribution in [0.3, 0.4) is 0 Å². The zero-order valence-electron chi connectivity index (χ0n) is 14.2. The van der Waals surface area contributed by atoms with Crippen LogP contribution in [-0.2, 0) is 31.3 Å². The molecule has 3 rings (SSSR count). The molecule has 0 saturated carbocycles. The minimum Gasteiger partial charge on any atom is -0.497 e. The van der Waals surface area contributed by atoms with Gasteiger partial charge in [-0.1, -0.05) is 12.1 Å². The molecule has 2 heterocycles. The lowest BCUT2D eigenvalue weighted by molar-refractivity contribution is 0.0481. The number of methoxy groups -OCH3 is 1. The lowest BCUT2D eigenvalue weighted by atomic mass is 10.1. The molecule has 2 saturated heterocycles. The first kappa shape index (κ1) is 18.6. The standard InChI is InChI=1S/C15H22N2O6S2/c1-22-13-5-3-12(4-6-13)9-17-14-10-16(24(2,18)19)11-15(14)23-7-8-25(17,20)21/h3-6,14-15H,7-11H2,1-2H3/t14-,15+/m1/s1. The van der Waals surface area contributed by atoms with Gasteiger partial charge in [-0.2, -0.15) is 8.61 Å². The van der Waals surface area contributed by atoms with Gasteiger partial charge in [0.2, 0.25) is 20.0 Å². The van der Waals surface area contributed by atoms with Crippen molar-refractivity contribution in [2.24, 2.45) is 0 Å². The van der Waals surface area contributed by atoms with E-state index in [9.17, 15) is 16.8 Å². The Bertz CT molecular complexity index is 822. The number of hydrogen-bond acceptors (Lipinski definition) is 6. The molecule has 1 aromatic rings. The second-order valence-corrected chi connectivity index (χ2v) is 10.3. The highest BCUT2D eigenvalue weighted by molar-refractivity contribution is 7.89.